The maximum atomic E-state index is 3.90. The normalized spacial score (nSPS) is 29.8. The van der Waals surface area contributed by atoms with Crippen LogP contribution in [0, 0.1) is 0 Å². The molecule has 2 rings (SSSR count). The van der Waals surface area contributed by atoms with E-state index in [1.54, 1.807) is 0 Å². The first kappa shape index (κ1) is 14.7. The maximum Gasteiger partial charge on any atom is 0.0309 e. The number of rotatable bonds is 5. The van der Waals surface area contributed by atoms with Gasteiger partial charge in [0.15, 0.2) is 0 Å². The second-order valence-corrected chi connectivity index (χ2v) is 7.03. The van der Waals surface area contributed by atoms with E-state index in [0.29, 0.717) is 5.54 Å². The quantitative estimate of drug-likeness (QED) is 0.826. The van der Waals surface area contributed by atoms with Gasteiger partial charge in [-0.2, -0.15) is 11.8 Å². The minimum absolute atomic E-state index is 0.470. The van der Waals surface area contributed by atoms with Crippen LogP contribution in [0.4, 0.5) is 0 Å². The first-order chi connectivity index (χ1) is 8.74. The van der Waals surface area contributed by atoms with E-state index in [-0.39, 0.29) is 0 Å². The minimum Gasteiger partial charge on any atom is -0.308 e. The van der Waals surface area contributed by atoms with Crippen LogP contribution in [0.1, 0.15) is 52.4 Å². The van der Waals surface area contributed by atoms with Crippen LogP contribution in [0.5, 0.6) is 0 Å². The van der Waals surface area contributed by atoms with E-state index in [4.69, 9.17) is 0 Å². The lowest BCUT2D eigenvalue weighted by molar-refractivity contribution is 0.0471. The van der Waals surface area contributed by atoms with Crippen LogP contribution in [-0.2, 0) is 0 Å². The summed E-state index contributed by atoms with van der Waals surface area (Å²) in [6.45, 7) is 7.21. The molecule has 1 saturated heterocycles. The molecule has 0 aromatic rings. The van der Waals surface area contributed by atoms with Gasteiger partial charge in [-0.05, 0) is 31.9 Å². The number of nitrogens with one attached hydrogen (secondary N) is 1. The van der Waals surface area contributed by atoms with Crippen LogP contribution in [-0.4, -0.2) is 47.6 Å². The fourth-order valence-electron chi connectivity index (χ4n) is 3.82. The molecule has 2 unspecified atom stereocenters. The summed E-state index contributed by atoms with van der Waals surface area (Å²) in [7, 11) is 0. The Bertz CT molecular complexity index is 251. The fraction of sp³-hybridized carbons (Fsp3) is 1.00. The monoisotopic (exact) mass is 270 g/mol. The summed E-state index contributed by atoms with van der Waals surface area (Å²) in [5.74, 6) is 1.29. The summed E-state index contributed by atoms with van der Waals surface area (Å²) in [4.78, 5) is 2.85. The fourth-order valence-corrected chi connectivity index (χ4v) is 4.63. The molecule has 3 heteroatoms. The Labute approximate surface area is 117 Å². The molecule has 0 aromatic carbocycles. The molecule has 2 atom stereocenters. The standard InChI is InChI=1S/C15H30N2S/c1-4-13-10-16-15(8-6-7-9-15)12-17(13)14(5-2)11-18-3/h13-14,16H,4-12H2,1-3H3. The van der Waals surface area contributed by atoms with Gasteiger partial charge in [-0.3, -0.25) is 4.90 Å². The van der Waals surface area contributed by atoms with Crippen molar-refractivity contribution in [3.8, 4) is 0 Å². The highest BCUT2D eigenvalue weighted by Gasteiger charge is 2.42. The number of piperazine rings is 1. The zero-order chi connectivity index (χ0) is 13.0. The summed E-state index contributed by atoms with van der Waals surface area (Å²) in [6.07, 6.45) is 10.5. The zero-order valence-electron chi connectivity index (χ0n) is 12.4. The van der Waals surface area contributed by atoms with Crippen molar-refractivity contribution in [1.82, 2.24) is 10.2 Å². The van der Waals surface area contributed by atoms with Crippen molar-refractivity contribution < 1.29 is 0 Å². The smallest absolute Gasteiger partial charge is 0.0309 e. The molecule has 1 heterocycles. The van der Waals surface area contributed by atoms with Gasteiger partial charge < -0.3 is 5.32 Å². The Morgan fingerprint density at radius 3 is 2.61 bits per heavy atom. The summed E-state index contributed by atoms with van der Waals surface area (Å²) < 4.78 is 0. The molecule has 1 aliphatic heterocycles. The summed E-state index contributed by atoms with van der Waals surface area (Å²) >= 11 is 2.01. The van der Waals surface area contributed by atoms with Crippen molar-refractivity contribution in [3.05, 3.63) is 0 Å². The van der Waals surface area contributed by atoms with E-state index in [2.05, 4.69) is 30.3 Å². The molecule has 106 valence electrons. The highest BCUT2D eigenvalue weighted by molar-refractivity contribution is 7.98. The minimum atomic E-state index is 0.470. The molecule has 0 aromatic heterocycles. The van der Waals surface area contributed by atoms with Crippen LogP contribution in [0.25, 0.3) is 0 Å². The van der Waals surface area contributed by atoms with Crippen LogP contribution >= 0.6 is 11.8 Å². The third-order valence-corrected chi connectivity index (χ3v) is 5.72. The Hall–Kier alpha value is 0.270. The lowest BCUT2D eigenvalue weighted by Crippen LogP contribution is -2.65. The highest BCUT2D eigenvalue weighted by atomic mass is 32.2. The van der Waals surface area contributed by atoms with E-state index in [9.17, 15) is 0 Å². The molecule has 0 bridgehead atoms. The molecule has 1 saturated carbocycles. The molecule has 2 nitrogen and oxygen atoms in total. The topological polar surface area (TPSA) is 15.3 Å². The SMILES string of the molecule is CCC1CNC2(CCCC2)CN1C(CC)CSC. The molecule has 2 aliphatic rings. The first-order valence-electron chi connectivity index (χ1n) is 7.74. The van der Waals surface area contributed by atoms with Crippen molar-refractivity contribution in [3.63, 3.8) is 0 Å². The number of hydrogen-bond acceptors (Lipinski definition) is 3. The molecule has 2 fully saturated rings. The predicted molar refractivity (Wildman–Crippen MR) is 82.4 cm³/mol. The predicted octanol–water partition coefficient (Wildman–Crippen LogP) is 3.12. The van der Waals surface area contributed by atoms with Gasteiger partial charge in [0.25, 0.3) is 0 Å². The van der Waals surface area contributed by atoms with Crippen LogP contribution in [0.3, 0.4) is 0 Å². The van der Waals surface area contributed by atoms with Gasteiger partial charge >= 0.3 is 0 Å². The van der Waals surface area contributed by atoms with Crippen molar-refractivity contribution in [2.24, 2.45) is 0 Å². The Balaban J connectivity index is 2.06. The summed E-state index contributed by atoms with van der Waals surface area (Å²) in [5, 5.41) is 3.90. The van der Waals surface area contributed by atoms with Gasteiger partial charge in [0.05, 0.1) is 0 Å². The number of thioether (sulfide) groups is 1. The molecule has 0 amide bonds. The van der Waals surface area contributed by atoms with Crippen molar-refractivity contribution in [2.75, 3.05) is 25.1 Å². The van der Waals surface area contributed by atoms with E-state index in [1.807, 2.05) is 11.8 Å². The summed E-state index contributed by atoms with van der Waals surface area (Å²) in [6, 6.07) is 1.54. The van der Waals surface area contributed by atoms with Crippen LogP contribution < -0.4 is 5.32 Å². The van der Waals surface area contributed by atoms with Crippen molar-refractivity contribution in [1.29, 1.82) is 0 Å². The van der Waals surface area contributed by atoms with Gasteiger partial charge in [0, 0.05) is 36.5 Å². The van der Waals surface area contributed by atoms with Gasteiger partial charge in [0.2, 0.25) is 0 Å². The van der Waals surface area contributed by atoms with Crippen molar-refractivity contribution in [2.45, 2.75) is 70.0 Å². The molecule has 0 radical (unpaired) electrons. The van der Waals surface area contributed by atoms with Gasteiger partial charge in [-0.15, -0.1) is 0 Å². The second kappa shape index (κ2) is 6.62. The van der Waals surface area contributed by atoms with Gasteiger partial charge in [-0.1, -0.05) is 26.7 Å². The van der Waals surface area contributed by atoms with Gasteiger partial charge in [-0.25, -0.2) is 0 Å². The van der Waals surface area contributed by atoms with E-state index in [0.717, 1.165) is 12.1 Å². The third-order valence-electron chi connectivity index (χ3n) is 5.00. The van der Waals surface area contributed by atoms with E-state index < -0.39 is 0 Å². The molecule has 1 N–H and O–H groups in total. The average molecular weight is 270 g/mol. The Kier molecular flexibility index (Phi) is 5.40. The van der Waals surface area contributed by atoms with Crippen LogP contribution in [0.2, 0.25) is 0 Å². The number of nitrogens with zero attached hydrogens (tertiary/aromatic N) is 1. The number of hydrogen-bond donors (Lipinski definition) is 1. The first-order valence-corrected chi connectivity index (χ1v) is 9.13. The third kappa shape index (κ3) is 3.05. The van der Waals surface area contributed by atoms with Gasteiger partial charge in [0.1, 0.15) is 0 Å². The van der Waals surface area contributed by atoms with Crippen molar-refractivity contribution >= 4 is 11.8 Å². The highest BCUT2D eigenvalue weighted by Crippen LogP contribution is 2.35. The van der Waals surface area contributed by atoms with Crippen LogP contribution in [0.15, 0.2) is 0 Å². The Morgan fingerprint density at radius 1 is 1.33 bits per heavy atom. The zero-order valence-corrected chi connectivity index (χ0v) is 13.2. The lowest BCUT2D eigenvalue weighted by atomic mass is 9.90. The Morgan fingerprint density at radius 2 is 2.06 bits per heavy atom. The van der Waals surface area contributed by atoms with E-state index >= 15 is 0 Å². The second-order valence-electron chi connectivity index (χ2n) is 6.12. The molecular formula is C15H30N2S. The molecule has 18 heavy (non-hydrogen) atoms. The average Bonchev–Trinajstić information content (AvgIpc) is 2.84. The molecule has 1 aliphatic carbocycles. The largest absolute Gasteiger partial charge is 0.308 e. The maximum absolute atomic E-state index is 3.90. The lowest BCUT2D eigenvalue weighted by Gasteiger charge is -2.49. The van der Waals surface area contributed by atoms with E-state index in [1.165, 1.54) is 57.4 Å². The summed E-state index contributed by atoms with van der Waals surface area (Å²) in [5.41, 5.74) is 0.470. The molecule has 1 spiro atoms. The molecular weight excluding hydrogens is 240 g/mol.